The van der Waals surface area contributed by atoms with Gasteiger partial charge < -0.3 is 11.5 Å². The van der Waals surface area contributed by atoms with Crippen molar-refractivity contribution in [1.29, 1.82) is 0 Å². The first-order valence-electron chi connectivity index (χ1n) is 12.5. The molecule has 0 saturated heterocycles. The highest BCUT2D eigenvalue weighted by Crippen LogP contribution is 2.40. The van der Waals surface area contributed by atoms with Gasteiger partial charge in [-0.15, -0.1) is 0 Å². The second-order valence-electron chi connectivity index (χ2n) is 9.87. The Balaban J connectivity index is 1.14. The van der Waals surface area contributed by atoms with Crippen molar-refractivity contribution in [2.75, 3.05) is 11.5 Å². The Morgan fingerprint density at radius 1 is 0.412 bits per heavy atom. The molecule has 1 fully saturated rings. The second-order valence-corrected chi connectivity index (χ2v) is 9.87. The summed E-state index contributed by atoms with van der Waals surface area (Å²) < 4.78 is 0. The Morgan fingerprint density at radius 3 is 0.971 bits per heavy atom. The lowest BCUT2D eigenvalue weighted by atomic mass is 9.76. The Kier molecular flexibility index (Phi) is 6.67. The molecule has 2 nitrogen and oxygen atoms in total. The zero-order chi connectivity index (χ0) is 23.3. The number of nitrogens with two attached hydrogens (primary N) is 2. The summed E-state index contributed by atoms with van der Waals surface area (Å²) in [6.45, 7) is 0. The van der Waals surface area contributed by atoms with E-state index >= 15 is 0 Å². The quantitative estimate of drug-likeness (QED) is 0.302. The van der Waals surface area contributed by atoms with Crippen LogP contribution >= 0.6 is 0 Å². The van der Waals surface area contributed by atoms with Crippen molar-refractivity contribution < 1.29 is 0 Å². The predicted molar refractivity (Wildman–Crippen MR) is 144 cm³/mol. The number of rotatable bonds is 6. The van der Waals surface area contributed by atoms with E-state index in [1.807, 2.05) is 24.3 Å². The van der Waals surface area contributed by atoms with Gasteiger partial charge in [-0.1, -0.05) is 72.8 Å². The smallest absolute Gasteiger partial charge is 0.0314 e. The molecule has 4 N–H and O–H groups in total. The third-order valence-electron chi connectivity index (χ3n) is 7.41. The van der Waals surface area contributed by atoms with Gasteiger partial charge in [-0.2, -0.15) is 0 Å². The maximum Gasteiger partial charge on any atom is 0.0314 e. The molecule has 0 amide bonds. The zero-order valence-electron chi connectivity index (χ0n) is 19.8. The highest BCUT2D eigenvalue weighted by Gasteiger charge is 2.23. The summed E-state index contributed by atoms with van der Waals surface area (Å²) in [7, 11) is 0. The summed E-state index contributed by atoms with van der Waals surface area (Å²) in [6.07, 6.45) is 7.01. The monoisotopic (exact) mass is 446 g/mol. The molecule has 1 aliphatic rings. The number of nitrogen functional groups attached to an aromatic ring is 2. The fourth-order valence-corrected chi connectivity index (χ4v) is 5.32. The van der Waals surface area contributed by atoms with Crippen LogP contribution < -0.4 is 11.5 Å². The van der Waals surface area contributed by atoms with E-state index in [-0.39, 0.29) is 0 Å². The van der Waals surface area contributed by atoms with Crippen LogP contribution in [0.5, 0.6) is 0 Å². The van der Waals surface area contributed by atoms with Gasteiger partial charge >= 0.3 is 0 Å². The van der Waals surface area contributed by atoms with Crippen molar-refractivity contribution in [1.82, 2.24) is 0 Å². The molecule has 2 heteroatoms. The Labute approximate surface area is 203 Å². The zero-order valence-corrected chi connectivity index (χ0v) is 19.8. The van der Waals surface area contributed by atoms with Crippen molar-refractivity contribution in [2.45, 2.75) is 50.4 Å². The summed E-state index contributed by atoms with van der Waals surface area (Å²) in [5.41, 5.74) is 21.6. The third kappa shape index (κ3) is 5.51. The molecular formula is C32H34N2. The predicted octanol–water partition coefficient (Wildman–Crippen LogP) is 7.47. The van der Waals surface area contributed by atoms with Crippen LogP contribution in [-0.2, 0) is 12.8 Å². The summed E-state index contributed by atoms with van der Waals surface area (Å²) in [5, 5.41) is 0. The first-order valence-corrected chi connectivity index (χ1v) is 12.5. The van der Waals surface area contributed by atoms with E-state index in [1.54, 1.807) is 0 Å². The average molecular weight is 447 g/mol. The molecule has 0 radical (unpaired) electrons. The van der Waals surface area contributed by atoms with Gasteiger partial charge in [0.15, 0.2) is 0 Å². The SMILES string of the molecule is Nc1ccc(Cc2ccc(C3CCC(c4ccc(Cc5ccc(N)cc5)cc4)CC3)cc2)cc1. The van der Waals surface area contributed by atoms with Gasteiger partial charge in [0, 0.05) is 11.4 Å². The van der Waals surface area contributed by atoms with Crippen LogP contribution in [0.25, 0.3) is 0 Å². The van der Waals surface area contributed by atoms with Gasteiger partial charge in [0.2, 0.25) is 0 Å². The van der Waals surface area contributed by atoms with Crippen molar-refractivity contribution in [3.8, 4) is 0 Å². The molecule has 172 valence electrons. The largest absolute Gasteiger partial charge is 0.399 e. The molecule has 0 unspecified atom stereocenters. The molecule has 1 saturated carbocycles. The normalized spacial score (nSPS) is 18.0. The van der Waals surface area contributed by atoms with Gasteiger partial charge in [-0.3, -0.25) is 0 Å². The minimum absolute atomic E-state index is 0.687. The number of benzene rings is 4. The Morgan fingerprint density at radius 2 is 0.676 bits per heavy atom. The van der Waals surface area contributed by atoms with Crippen molar-refractivity contribution in [3.63, 3.8) is 0 Å². The van der Waals surface area contributed by atoms with Crippen LogP contribution in [0.4, 0.5) is 11.4 Å². The van der Waals surface area contributed by atoms with Crippen LogP contribution in [0.2, 0.25) is 0 Å². The summed E-state index contributed by atoms with van der Waals surface area (Å²) in [5.74, 6) is 1.37. The Bertz CT molecular complexity index is 1080. The molecule has 4 aromatic rings. The average Bonchev–Trinajstić information content (AvgIpc) is 2.88. The van der Waals surface area contributed by atoms with Gasteiger partial charge in [0.1, 0.15) is 0 Å². The van der Waals surface area contributed by atoms with Crippen LogP contribution in [0, 0.1) is 0 Å². The van der Waals surface area contributed by atoms with Crippen LogP contribution in [0.1, 0.15) is 70.9 Å². The third-order valence-corrected chi connectivity index (χ3v) is 7.41. The van der Waals surface area contributed by atoms with Gasteiger partial charge in [-0.05, 0) is 108 Å². The topological polar surface area (TPSA) is 52.0 Å². The summed E-state index contributed by atoms with van der Waals surface area (Å²) in [4.78, 5) is 0. The van der Waals surface area contributed by atoms with Crippen molar-refractivity contribution in [3.05, 3.63) is 130 Å². The van der Waals surface area contributed by atoms with Crippen LogP contribution in [-0.4, -0.2) is 0 Å². The van der Waals surface area contributed by atoms with E-state index in [2.05, 4.69) is 72.8 Å². The lowest BCUT2D eigenvalue weighted by molar-refractivity contribution is 0.396. The molecule has 1 aliphatic carbocycles. The fourth-order valence-electron chi connectivity index (χ4n) is 5.32. The van der Waals surface area contributed by atoms with E-state index in [0.29, 0.717) is 11.8 Å². The number of hydrogen-bond donors (Lipinski definition) is 2. The minimum atomic E-state index is 0.687. The molecule has 4 aromatic carbocycles. The fraction of sp³-hybridized carbons (Fsp3) is 0.250. The molecule has 5 rings (SSSR count). The van der Waals surface area contributed by atoms with Gasteiger partial charge in [0.05, 0.1) is 0 Å². The van der Waals surface area contributed by atoms with Gasteiger partial charge in [0.25, 0.3) is 0 Å². The lowest BCUT2D eigenvalue weighted by Crippen LogP contribution is -2.12. The molecule has 0 heterocycles. The minimum Gasteiger partial charge on any atom is -0.399 e. The van der Waals surface area contributed by atoms with Crippen molar-refractivity contribution >= 4 is 11.4 Å². The second kappa shape index (κ2) is 10.2. The molecule has 34 heavy (non-hydrogen) atoms. The standard InChI is InChI=1S/C32H34N2/c33-31-17-5-25(6-18-31)21-23-1-9-27(10-2-23)29-13-15-30(16-14-29)28-11-3-24(4-12-28)22-26-7-19-32(34)20-8-26/h1-12,17-20,29-30H,13-16,21-22,33-34H2. The number of anilines is 2. The Hall–Kier alpha value is -3.52. The molecule has 0 atom stereocenters. The highest BCUT2D eigenvalue weighted by molar-refractivity contribution is 5.42. The van der Waals surface area contributed by atoms with Crippen LogP contribution in [0.3, 0.4) is 0 Å². The number of hydrogen-bond acceptors (Lipinski definition) is 2. The maximum atomic E-state index is 5.80. The van der Waals surface area contributed by atoms with E-state index in [1.165, 1.54) is 59.1 Å². The summed E-state index contributed by atoms with van der Waals surface area (Å²) in [6, 6.07) is 35.0. The first-order chi connectivity index (χ1) is 16.6. The molecular weight excluding hydrogens is 412 g/mol. The van der Waals surface area contributed by atoms with Crippen molar-refractivity contribution in [2.24, 2.45) is 0 Å². The molecule has 0 aliphatic heterocycles. The summed E-state index contributed by atoms with van der Waals surface area (Å²) >= 11 is 0. The van der Waals surface area contributed by atoms with E-state index in [4.69, 9.17) is 11.5 Å². The first kappa shape index (κ1) is 22.3. The highest BCUT2D eigenvalue weighted by atomic mass is 14.5. The van der Waals surface area contributed by atoms with Crippen LogP contribution in [0.15, 0.2) is 97.1 Å². The van der Waals surface area contributed by atoms with E-state index < -0.39 is 0 Å². The molecule has 0 spiro atoms. The lowest BCUT2D eigenvalue weighted by Gasteiger charge is -2.29. The van der Waals surface area contributed by atoms with E-state index in [9.17, 15) is 0 Å². The van der Waals surface area contributed by atoms with E-state index in [0.717, 1.165) is 24.2 Å². The molecule has 0 bridgehead atoms. The maximum absolute atomic E-state index is 5.80. The molecule has 0 aromatic heterocycles. The van der Waals surface area contributed by atoms with Gasteiger partial charge in [-0.25, -0.2) is 0 Å².